The van der Waals surface area contributed by atoms with Gasteiger partial charge in [0.05, 0.1) is 11.4 Å². The van der Waals surface area contributed by atoms with Crippen LogP contribution in [0.3, 0.4) is 0 Å². The van der Waals surface area contributed by atoms with E-state index in [9.17, 15) is 4.79 Å². The Kier molecular flexibility index (Phi) is 28.5. The zero-order valence-electron chi connectivity index (χ0n) is 54.5. The molecule has 4 aliphatic heterocycles. The number of aliphatic imine (C=N–C) groups is 2. The van der Waals surface area contributed by atoms with Crippen LogP contribution in [-0.2, 0) is 0 Å². The molecule has 0 bridgehead atoms. The van der Waals surface area contributed by atoms with Crippen molar-refractivity contribution in [2.45, 2.75) is 39.5 Å². The Hall–Kier alpha value is -7.38. The number of hydrogen-bond donors (Lipinski definition) is 10. The molecule has 13 rings (SSSR count). The maximum Gasteiger partial charge on any atom is 0.257 e. The number of amides is 1. The van der Waals surface area contributed by atoms with E-state index in [0.717, 1.165) is 140 Å². The van der Waals surface area contributed by atoms with Crippen LogP contribution in [-0.4, -0.2) is 158 Å². The summed E-state index contributed by atoms with van der Waals surface area (Å²) in [7, 11) is 8.59. The number of aromatic amines is 4. The summed E-state index contributed by atoms with van der Waals surface area (Å²) in [5.41, 5.74) is 36.8. The lowest BCUT2D eigenvalue weighted by Crippen LogP contribution is -2.34. The van der Waals surface area contributed by atoms with E-state index in [1.165, 1.54) is 60.7 Å². The van der Waals surface area contributed by atoms with Crippen LogP contribution in [0.5, 0.6) is 0 Å². The van der Waals surface area contributed by atoms with Crippen LogP contribution in [0.2, 0.25) is 0 Å². The van der Waals surface area contributed by atoms with Gasteiger partial charge in [0.1, 0.15) is 0 Å². The summed E-state index contributed by atoms with van der Waals surface area (Å²) in [4.78, 5) is 43.9. The molecule has 0 fully saturated rings. The van der Waals surface area contributed by atoms with Gasteiger partial charge < -0.3 is 67.4 Å². The van der Waals surface area contributed by atoms with Crippen molar-refractivity contribution < 1.29 is 4.79 Å². The number of carbonyl (C=O) groups is 1. The minimum atomic E-state index is -0.224. The topological polar surface area (TPSA) is 232 Å². The van der Waals surface area contributed by atoms with Gasteiger partial charge >= 0.3 is 0 Å². The number of thiocarbonyl (C=S) groups is 2. The van der Waals surface area contributed by atoms with Gasteiger partial charge in [0.25, 0.3) is 5.91 Å². The molecule has 0 spiro atoms. The van der Waals surface area contributed by atoms with Crippen LogP contribution in [0.25, 0.3) is 65.9 Å². The van der Waals surface area contributed by atoms with Gasteiger partial charge in [-0.05, 0) is 197 Å². The Morgan fingerprint density at radius 3 is 1.15 bits per heavy atom. The van der Waals surface area contributed by atoms with Gasteiger partial charge in [-0.2, -0.15) is 0 Å². The number of carbonyl (C=O) groups excluding carboxylic acids is 1. The Morgan fingerprint density at radius 2 is 0.821 bits per heavy atom. The van der Waals surface area contributed by atoms with E-state index in [0.29, 0.717) is 21.0 Å². The van der Waals surface area contributed by atoms with E-state index in [1.54, 1.807) is 35.7 Å². The third-order valence-corrected chi connectivity index (χ3v) is 18.2. The first-order valence-electron chi connectivity index (χ1n) is 31.2. The van der Waals surface area contributed by atoms with Crippen molar-refractivity contribution in [3.8, 4) is 0 Å². The molecule has 4 aromatic heterocycles. The number of rotatable bonds is 11. The van der Waals surface area contributed by atoms with Crippen LogP contribution in [0, 0.1) is 0 Å². The molecule has 17 nitrogen and oxygen atoms in total. The first-order chi connectivity index (χ1) is 44.6. The molecule has 1 amide bonds. The van der Waals surface area contributed by atoms with E-state index in [1.807, 2.05) is 48.5 Å². The number of fused-ring (bicyclic) bond motifs is 4. The molecule has 4 aliphatic rings. The van der Waals surface area contributed by atoms with Crippen molar-refractivity contribution in [3.05, 3.63) is 180 Å². The largest absolute Gasteiger partial charge is 0.378 e. The Labute approximate surface area is 595 Å². The Morgan fingerprint density at radius 1 is 0.484 bits per heavy atom. The fourth-order valence-corrected chi connectivity index (χ4v) is 12.8. The predicted octanol–water partition coefficient (Wildman–Crippen LogP) is 15.0. The molecular formula is C71H87Cl3N16OS4. The number of hydrogen-bond acceptors (Lipinski definition) is 11. The summed E-state index contributed by atoms with van der Waals surface area (Å²) in [6.45, 7) is 12.5. The number of nitrogens with one attached hydrogen (secondary N) is 7. The highest BCUT2D eigenvalue weighted by molar-refractivity contribution is 8.14. The van der Waals surface area contributed by atoms with Crippen molar-refractivity contribution in [3.63, 3.8) is 0 Å². The van der Waals surface area contributed by atoms with Gasteiger partial charge in [0, 0.05) is 160 Å². The second kappa shape index (κ2) is 36.1. The number of benzene rings is 5. The first-order valence-corrected chi connectivity index (χ1v) is 34.0. The lowest BCUT2D eigenvalue weighted by Gasteiger charge is -2.21. The molecule has 0 unspecified atom stereocenters. The van der Waals surface area contributed by atoms with Gasteiger partial charge in [-0.25, -0.2) is 9.98 Å². The fraction of sp³-hybridized carbons (Fsp3) is 0.282. The van der Waals surface area contributed by atoms with Crippen LogP contribution >= 0.6 is 85.2 Å². The zero-order chi connectivity index (χ0) is 64.7. The number of anilines is 2. The van der Waals surface area contributed by atoms with Crippen molar-refractivity contribution in [2.75, 3.05) is 103 Å². The Bertz CT molecular complexity index is 4170. The van der Waals surface area contributed by atoms with Gasteiger partial charge in [0.15, 0.2) is 20.6 Å². The maximum atomic E-state index is 12.2. The maximum absolute atomic E-state index is 12.2. The van der Waals surface area contributed by atoms with Gasteiger partial charge in [-0.15, -0.1) is 37.2 Å². The number of nitrogens with two attached hydrogens (primary N) is 3. The molecule has 95 heavy (non-hydrogen) atoms. The highest BCUT2D eigenvalue weighted by Crippen LogP contribution is 2.36. The second-order valence-corrected chi connectivity index (χ2v) is 26.7. The molecule has 5 aromatic carbocycles. The van der Waals surface area contributed by atoms with E-state index < -0.39 is 0 Å². The minimum Gasteiger partial charge on any atom is -0.378 e. The minimum absolute atomic E-state index is 0. The summed E-state index contributed by atoms with van der Waals surface area (Å²) in [6.07, 6.45) is 21.9. The summed E-state index contributed by atoms with van der Waals surface area (Å²) < 4.78 is 0. The monoisotopic (exact) mass is 1410 g/mol. The summed E-state index contributed by atoms with van der Waals surface area (Å²) >= 11 is 13.3. The quantitative estimate of drug-likeness (QED) is 0.0330. The van der Waals surface area contributed by atoms with Crippen LogP contribution in [0.15, 0.2) is 162 Å². The average molecular weight is 1420 g/mol. The van der Waals surface area contributed by atoms with Crippen molar-refractivity contribution in [1.82, 2.24) is 44.9 Å². The molecule has 8 heterocycles. The molecule has 13 N–H and O–H groups in total. The average Bonchev–Trinajstić information content (AvgIpc) is 1.71. The Balaban J connectivity index is 0.000000178. The van der Waals surface area contributed by atoms with E-state index >= 15 is 0 Å². The molecule has 0 atom stereocenters. The number of amidine groups is 2. The lowest BCUT2D eigenvalue weighted by molar-refractivity contribution is 0.0977. The predicted molar refractivity (Wildman–Crippen MR) is 425 cm³/mol. The van der Waals surface area contributed by atoms with Crippen molar-refractivity contribution in [1.29, 1.82) is 0 Å². The first kappa shape index (κ1) is 75.0. The normalized spacial score (nSPS) is 15.6. The standard InChI is InChI=1S/C22H22N4OS.2C17H22N4S.C15H18N4S.3ClH/c1-26-11-9-15(10-12-26)19-14-23-20-8-7-17(13-18(19)20)24-22(28)25-21(27)16-5-3-2-4-6-16;2*1-3-22-17(18)20-13-4-5-16-14(10-13)15(11-19-16)12-6-8-21(2)9-7-12;1-19-6-4-10(5-7-19)13-9-17-14-3-2-11(8-12(13)14)18-15(16)20;;;/h2-9,13-14,23H,10-12H2,1H3,(H2,24,25,27,28);2*4-6,10-11,19H,3,7-9H2,1-2H3,(H2,18,20);2-4,8-9,17H,5-7H2,1H3,(H3,16,18,20);3*1H. The molecule has 9 aromatic rings. The van der Waals surface area contributed by atoms with E-state index in [-0.39, 0.29) is 48.2 Å². The number of thioether (sulfide) groups is 2. The number of aromatic nitrogens is 4. The lowest BCUT2D eigenvalue weighted by atomic mass is 9.99. The number of H-pyrrole nitrogens is 4. The molecule has 0 saturated carbocycles. The number of halogens is 3. The highest BCUT2D eigenvalue weighted by Gasteiger charge is 2.19. The third kappa shape index (κ3) is 20.3. The van der Waals surface area contributed by atoms with Crippen LogP contribution < -0.4 is 33.2 Å². The van der Waals surface area contributed by atoms with E-state index in [2.05, 4.69) is 199 Å². The molecular weight excluding hydrogens is 1330 g/mol. The van der Waals surface area contributed by atoms with Gasteiger partial charge in [-0.1, -0.05) is 79.9 Å². The highest BCUT2D eigenvalue weighted by atomic mass is 35.5. The van der Waals surface area contributed by atoms with Crippen molar-refractivity contribution in [2.24, 2.45) is 27.2 Å². The molecule has 0 aliphatic carbocycles. The van der Waals surface area contributed by atoms with Crippen LogP contribution in [0.4, 0.5) is 22.7 Å². The number of likely N-dealkylation sites (N-methyl/N-ethyl adjacent to an activating group) is 4. The van der Waals surface area contributed by atoms with Gasteiger partial charge in [0.2, 0.25) is 0 Å². The SMILES string of the molecule is CCSC(N)=Nc1ccc2[nH]cc(C3=CCN(C)CC3)c2c1.CCSC(N)=Nc1ccc2[nH]cc(C3=CCN(C)CC3)c2c1.CN1CC=C(c2c[nH]c3ccc(NC(=S)NC(=O)c4ccccc4)cc23)CC1.CN1CC=C(c2c[nH]c3ccc(NC(N)=S)cc23)CC1.Cl.Cl.Cl. The summed E-state index contributed by atoms with van der Waals surface area (Å²) in [6, 6.07) is 33.6. The molecule has 502 valence electrons. The smallest absolute Gasteiger partial charge is 0.257 e. The van der Waals surface area contributed by atoms with Crippen LogP contribution in [0.1, 0.15) is 72.1 Å². The molecule has 24 heteroatoms. The molecule has 0 radical (unpaired) electrons. The second-order valence-electron chi connectivity index (χ2n) is 23.3. The third-order valence-electron chi connectivity index (χ3n) is 16.6. The van der Waals surface area contributed by atoms with E-state index in [4.69, 9.17) is 41.6 Å². The number of nitrogens with zero attached hydrogens (tertiary/aromatic N) is 6. The zero-order valence-corrected chi connectivity index (χ0v) is 60.2. The van der Waals surface area contributed by atoms with Crippen molar-refractivity contribution >= 4 is 200 Å². The molecule has 0 saturated heterocycles. The summed E-state index contributed by atoms with van der Waals surface area (Å²) in [5, 5.41) is 15.5. The fourth-order valence-electron chi connectivity index (χ4n) is 11.6. The van der Waals surface area contributed by atoms with Gasteiger partial charge in [-0.3, -0.25) is 10.1 Å². The summed E-state index contributed by atoms with van der Waals surface area (Å²) in [5.74, 6) is 1.65.